The number of aromatic nitrogens is 1. The van der Waals surface area contributed by atoms with Crippen LogP contribution in [0.3, 0.4) is 0 Å². The highest BCUT2D eigenvalue weighted by atomic mass is 16.3. The summed E-state index contributed by atoms with van der Waals surface area (Å²) in [7, 11) is 0. The fourth-order valence-corrected chi connectivity index (χ4v) is 1.29. The van der Waals surface area contributed by atoms with Gasteiger partial charge in [-0.2, -0.15) is 0 Å². The second-order valence-corrected chi connectivity index (χ2v) is 3.11. The molecule has 11 heavy (non-hydrogen) atoms. The van der Waals surface area contributed by atoms with Crippen molar-refractivity contribution in [3.05, 3.63) is 24.0 Å². The zero-order valence-corrected chi connectivity index (χ0v) is 7.04. The summed E-state index contributed by atoms with van der Waals surface area (Å²) >= 11 is 0. The Morgan fingerprint density at radius 2 is 2.27 bits per heavy atom. The van der Waals surface area contributed by atoms with E-state index in [-0.39, 0.29) is 6.10 Å². The lowest BCUT2D eigenvalue weighted by atomic mass is 10.0. The van der Waals surface area contributed by atoms with Gasteiger partial charge in [0.1, 0.15) is 0 Å². The maximum Gasteiger partial charge on any atom is 0.0518 e. The highest BCUT2D eigenvalue weighted by Crippen LogP contribution is 2.17. The standard InChI is InChI=1S/C9H15NO/c1-7(6-8(2)11)9-4-3-5-10-9/h3-5,7-8,10-11H,6H2,1-2H3. The molecule has 0 radical (unpaired) electrons. The number of aliphatic hydroxyl groups is 1. The number of nitrogens with one attached hydrogen (secondary N) is 1. The van der Waals surface area contributed by atoms with E-state index in [9.17, 15) is 0 Å². The minimum atomic E-state index is -0.215. The van der Waals surface area contributed by atoms with E-state index in [4.69, 9.17) is 5.11 Å². The van der Waals surface area contributed by atoms with Gasteiger partial charge in [-0.25, -0.2) is 0 Å². The Hall–Kier alpha value is -0.760. The van der Waals surface area contributed by atoms with Crippen LogP contribution in [0.2, 0.25) is 0 Å². The van der Waals surface area contributed by atoms with Crippen molar-refractivity contribution in [2.45, 2.75) is 32.3 Å². The summed E-state index contributed by atoms with van der Waals surface area (Å²) < 4.78 is 0. The third kappa shape index (κ3) is 2.39. The van der Waals surface area contributed by atoms with Crippen molar-refractivity contribution in [3.8, 4) is 0 Å². The molecule has 1 aromatic rings. The summed E-state index contributed by atoms with van der Waals surface area (Å²) in [5.74, 6) is 0.421. The van der Waals surface area contributed by atoms with Crippen molar-refractivity contribution in [1.29, 1.82) is 0 Å². The van der Waals surface area contributed by atoms with Crippen molar-refractivity contribution in [1.82, 2.24) is 4.98 Å². The van der Waals surface area contributed by atoms with Crippen molar-refractivity contribution in [2.75, 3.05) is 0 Å². The molecule has 1 heterocycles. The normalized spacial score (nSPS) is 16.3. The van der Waals surface area contributed by atoms with E-state index >= 15 is 0 Å². The Labute approximate surface area is 67.3 Å². The fourth-order valence-electron chi connectivity index (χ4n) is 1.29. The van der Waals surface area contributed by atoms with Crippen molar-refractivity contribution < 1.29 is 5.11 Å². The van der Waals surface area contributed by atoms with Gasteiger partial charge in [0.2, 0.25) is 0 Å². The highest BCUT2D eigenvalue weighted by molar-refractivity contribution is 5.08. The predicted octanol–water partition coefficient (Wildman–Crippen LogP) is 1.89. The van der Waals surface area contributed by atoms with Gasteiger partial charge in [-0.15, -0.1) is 0 Å². The number of aromatic amines is 1. The van der Waals surface area contributed by atoms with E-state index in [1.807, 2.05) is 25.3 Å². The smallest absolute Gasteiger partial charge is 0.0518 e. The minimum absolute atomic E-state index is 0.215. The summed E-state index contributed by atoms with van der Waals surface area (Å²) in [5, 5.41) is 9.11. The Morgan fingerprint density at radius 3 is 2.73 bits per heavy atom. The molecule has 2 heteroatoms. The van der Waals surface area contributed by atoms with Crippen molar-refractivity contribution in [2.24, 2.45) is 0 Å². The van der Waals surface area contributed by atoms with Gasteiger partial charge >= 0.3 is 0 Å². The Morgan fingerprint density at radius 1 is 1.55 bits per heavy atom. The monoisotopic (exact) mass is 153 g/mol. The van der Waals surface area contributed by atoms with Crippen molar-refractivity contribution >= 4 is 0 Å². The van der Waals surface area contributed by atoms with Crippen LogP contribution in [0.25, 0.3) is 0 Å². The summed E-state index contributed by atoms with van der Waals surface area (Å²) in [4.78, 5) is 3.13. The molecule has 0 aromatic carbocycles. The van der Waals surface area contributed by atoms with Crippen LogP contribution in [0.4, 0.5) is 0 Å². The van der Waals surface area contributed by atoms with Crippen LogP contribution in [0.15, 0.2) is 18.3 Å². The molecule has 1 aromatic heterocycles. The highest BCUT2D eigenvalue weighted by Gasteiger charge is 2.08. The van der Waals surface area contributed by atoms with Crippen LogP contribution in [-0.2, 0) is 0 Å². The molecule has 0 saturated carbocycles. The molecule has 0 aliphatic heterocycles. The predicted molar refractivity (Wildman–Crippen MR) is 45.5 cm³/mol. The topological polar surface area (TPSA) is 36.0 Å². The first-order valence-corrected chi connectivity index (χ1v) is 4.01. The molecule has 0 spiro atoms. The third-order valence-electron chi connectivity index (χ3n) is 1.85. The molecule has 2 unspecified atom stereocenters. The molecule has 0 bridgehead atoms. The summed E-state index contributed by atoms with van der Waals surface area (Å²) in [5.41, 5.74) is 1.20. The maximum atomic E-state index is 9.11. The maximum absolute atomic E-state index is 9.11. The van der Waals surface area contributed by atoms with Crippen LogP contribution in [0, 0.1) is 0 Å². The average Bonchev–Trinajstić information content (AvgIpc) is 2.35. The average molecular weight is 153 g/mol. The lowest BCUT2D eigenvalue weighted by Gasteiger charge is -2.10. The van der Waals surface area contributed by atoms with Gasteiger partial charge in [0.05, 0.1) is 6.10 Å². The van der Waals surface area contributed by atoms with E-state index in [2.05, 4.69) is 11.9 Å². The van der Waals surface area contributed by atoms with Crippen molar-refractivity contribution in [3.63, 3.8) is 0 Å². The molecule has 1 rings (SSSR count). The van der Waals surface area contributed by atoms with Gasteiger partial charge < -0.3 is 10.1 Å². The quantitative estimate of drug-likeness (QED) is 0.683. The first kappa shape index (κ1) is 8.34. The Balaban J connectivity index is 2.49. The van der Waals surface area contributed by atoms with Gasteiger partial charge in [-0.3, -0.25) is 0 Å². The van der Waals surface area contributed by atoms with E-state index in [0.29, 0.717) is 5.92 Å². The molecule has 0 amide bonds. The van der Waals surface area contributed by atoms with Crippen LogP contribution in [0.1, 0.15) is 31.9 Å². The Kier molecular flexibility index (Phi) is 2.71. The summed E-state index contributed by atoms with van der Waals surface area (Å²) in [6, 6.07) is 4.03. The van der Waals surface area contributed by atoms with Gasteiger partial charge in [-0.1, -0.05) is 6.92 Å². The van der Waals surface area contributed by atoms with E-state index in [1.54, 1.807) is 0 Å². The molecule has 0 aliphatic carbocycles. The largest absolute Gasteiger partial charge is 0.393 e. The number of hydrogen-bond donors (Lipinski definition) is 2. The van der Waals surface area contributed by atoms with E-state index in [0.717, 1.165) is 6.42 Å². The van der Waals surface area contributed by atoms with E-state index in [1.165, 1.54) is 5.69 Å². The summed E-state index contributed by atoms with van der Waals surface area (Å²) in [6.07, 6.45) is 2.52. The van der Waals surface area contributed by atoms with Gasteiger partial charge in [-0.05, 0) is 31.4 Å². The lowest BCUT2D eigenvalue weighted by Crippen LogP contribution is -2.05. The van der Waals surface area contributed by atoms with Crippen LogP contribution in [-0.4, -0.2) is 16.2 Å². The molecule has 0 aliphatic rings. The zero-order chi connectivity index (χ0) is 8.27. The molecule has 0 saturated heterocycles. The lowest BCUT2D eigenvalue weighted by molar-refractivity contribution is 0.176. The zero-order valence-electron chi connectivity index (χ0n) is 7.04. The molecular weight excluding hydrogens is 138 g/mol. The number of rotatable bonds is 3. The molecule has 2 nitrogen and oxygen atoms in total. The molecule has 2 atom stereocenters. The van der Waals surface area contributed by atoms with Crippen LogP contribution in [0.5, 0.6) is 0 Å². The molecule has 2 N–H and O–H groups in total. The molecule has 62 valence electrons. The van der Waals surface area contributed by atoms with Gasteiger partial charge in [0.15, 0.2) is 0 Å². The van der Waals surface area contributed by atoms with Crippen LogP contribution < -0.4 is 0 Å². The SMILES string of the molecule is CC(O)CC(C)c1ccc[nH]1. The minimum Gasteiger partial charge on any atom is -0.393 e. The fraction of sp³-hybridized carbons (Fsp3) is 0.556. The van der Waals surface area contributed by atoms with E-state index < -0.39 is 0 Å². The van der Waals surface area contributed by atoms with Gasteiger partial charge in [0.25, 0.3) is 0 Å². The van der Waals surface area contributed by atoms with Crippen LogP contribution >= 0.6 is 0 Å². The van der Waals surface area contributed by atoms with Gasteiger partial charge in [0, 0.05) is 11.9 Å². The Bertz CT molecular complexity index is 191. The summed E-state index contributed by atoms with van der Waals surface area (Å²) in [6.45, 7) is 3.93. The first-order chi connectivity index (χ1) is 5.20. The third-order valence-corrected chi connectivity index (χ3v) is 1.85. The molecular formula is C9H15NO. The number of hydrogen-bond acceptors (Lipinski definition) is 1. The number of aliphatic hydroxyl groups excluding tert-OH is 1. The molecule has 0 fully saturated rings. The second-order valence-electron chi connectivity index (χ2n) is 3.11. The number of H-pyrrole nitrogens is 1. The first-order valence-electron chi connectivity index (χ1n) is 4.01. The second kappa shape index (κ2) is 3.58.